The van der Waals surface area contributed by atoms with Crippen molar-refractivity contribution in [1.82, 2.24) is 9.88 Å². The van der Waals surface area contributed by atoms with Gasteiger partial charge in [0.25, 0.3) is 0 Å². The summed E-state index contributed by atoms with van der Waals surface area (Å²) in [5.41, 5.74) is 3.61. The first-order valence-corrected chi connectivity index (χ1v) is 8.94. The predicted molar refractivity (Wildman–Crippen MR) is 102 cm³/mol. The second-order valence-electron chi connectivity index (χ2n) is 6.56. The number of benzene rings is 2. The highest BCUT2D eigenvalue weighted by Crippen LogP contribution is 2.20. The molecule has 128 valence electrons. The van der Waals surface area contributed by atoms with E-state index in [4.69, 9.17) is 0 Å². The molecular weight excluding hydrogens is 310 g/mol. The quantitative estimate of drug-likeness (QED) is 0.794. The predicted octanol–water partition coefficient (Wildman–Crippen LogP) is 3.45. The molecule has 4 rings (SSSR count). The largest absolute Gasteiger partial charge is 0.368 e. The van der Waals surface area contributed by atoms with Gasteiger partial charge in [-0.1, -0.05) is 36.4 Å². The minimum absolute atomic E-state index is 0.262. The second kappa shape index (κ2) is 7.01. The van der Waals surface area contributed by atoms with Gasteiger partial charge in [-0.15, -0.1) is 0 Å². The smallest absolute Gasteiger partial charge is 0.223 e. The van der Waals surface area contributed by atoms with Crippen LogP contribution in [0, 0.1) is 0 Å². The molecule has 0 saturated carbocycles. The van der Waals surface area contributed by atoms with Gasteiger partial charge in [-0.05, 0) is 30.2 Å². The van der Waals surface area contributed by atoms with Gasteiger partial charge in [0.2, 0.25) is 5.91 Å². The number of anilines is 1. The molecule has 0 aliphatic carbocycles. The Morgan fingerprint density at radius 1 is 0.920 bits per heavy atom. The van der Waals surface area contributed by atoms with E-state index < -0.39 is 0 Å². The fourth-order valence-corrected chi connectivity index (χ4v) is 3.59. The lowest BCUT2D eigenvalue weighted by molar-refractivity contribution is -0.131. The number of piperazine rings is 1. The first-order chi connectivity index (χ1) is 12.3. The minimum Gasteiger partial charge on any atom is -0.368 e. The molecule has 2 heterocycles. The van der Waals surface area contributed by atoms with Crippen molar-refractivity contribution in [1.29, 1.82) is 0 Å². The van der Waals surface area contributed by atoms with Crippen LogP contribution in [0.5, 0.6) is 0 Å². The van der Waals surface area contributed by atoms with Crippen molar-refractivity contribution in [3.05, 3.63) is 66.4 Å². The van der Waals surface area contributed by atoms with Crippen LogP contribution < -0.4 is 4.90 Å². The standard InChI is InChI=1S/C21H23N3O/c25-21(11-10-17-16-22-20-9-5-4-8-19(17)20)24-14-12-23(13-15-24)18-6-2-1-3-7-18/h1-9,16,22H,10-15H2. The van der Waals surface area contributed by atoms with E-state index in [-0.39, 0.29) is 5.91 Å². The Morgan fingerprint density at radius 2 is 1.64 bits per heavy atom. The maximum absolute atomic E-state index is 12.6. The first-order valence-electron chi connectivity index (χ1n) is 8.94. The van der Waals surface area contributed by atoms with Crippen LogP contribution in [0.1, 0.15) is 12.0 Å². The summed E-state index contributed by atoms with van der Waals surface area (Å²) in [7, 11) is 0. The molecule has 1 aliphatic rings. The van der Waals surface area contributed by atoms with E-state index in [1.54, 1.807) is 0 Å². The number of para-hydroxylation sites is 2. The molecule has 2 aromatic carbocycles. The van der Waals surface area contributed by atoms with Crippen molar-refractivity contribution in [2.75, 3.05) is 31.1 Å². The van der Waals surface area contributed by atoms with Crippen molar-refractivity contribution in [3.63, 3.8) is 0 Å². The number of aromatic amines is 1. The number of carbonyl (C=O) groups is 1. The third-order valence-corrected chi connectivity index (χ3v) is 5.04. The third kappa shape index (κ3) is 3.38. The zero-order valence-electron chi connectivity index (χ0n) is 14.3. The molecule has 0 bridgehead atoms. The summed E-state index contributed by atoms with van der Waals surface area (Å²) < 4.78 is 0. The van der Waals surface area contributed by atoms with Gasteiger partial charge < -0.3 is 14.8 Å². The van der Waals surface area contributed by atoms with Crippen LogP contribution in [0.25, 0.3) is 10.9 Å². The van der Waals surface area contributed by atoms with Gasteiger partial charge in [-0.3, -0.25) is 4.79 Å². The van der Waals surface area contributed by atoms with Crippen LogP contribution in [-0.2, 0) is 11.2 Å². The number of aryl methyl sites for hydroxylation is 1. The molecule has 1 aromatic heterocycles. The van der Waals surface area contributed by atoms with Gasteiger partial charge in [-0.25, -0.2) is 0 Å². The van der Waals surface area contributed by atoms with Crippen LogP contribution in [0.15, 0.2) is 60.8 Å². The number of hydrogen-bond acceptors (Lipinski definition) is 2. The number of amides is 1. The summed E-state index contributed by atoms with van der Waals surface area (Å²) in [6.45, 7) is 3.43. The van der Waals surface area contributed by atoms with E-state index in [1.165, 1.54) is 16.6 Å². The third-order valence-electron chi connectivity index (χ3n) is 5.04. The molecule has 0 radical (unpaired) electrons. The van der Waals surface area contributed by atoms with Gasteiger partial charge >= 0.3 is 0 Å². The lowest BCUT2D eigenvalue weighted by Crippen LogP contribution is -2.48. The average molecular weight is 333 g/mol. The summed E-state index contributed by atoms with van der Waals surface area (Å²) in [5.74, 6) is 0.262. The average Bonchev–Trinajstić information content (AvgIpc) is 3.10. The fourth-order valence-electron chi connectivity index (χ4n) is 3.59. The van der Waals surface area contributed by atoms with Gasteiger partial charge in [0, 0.05) is 55.4 Å². The van der Waals surface area contributed by atoms with Crippen molar-refractivity contribution in [2.45, 2.75) is 12.8 Å². The van der Waals surface area contributed by atoms with E-state index in [2.05, 4.69) is 46.3 Å². The summed E-state index contributed by atoms with van der Waals surface area (Å²) in [5, 5.41) is 1.23. The topological polar surface area (TPSA) is 39.3 Å². The molecule has 1 N–H and O–H groups in total. The Labute approximate surface area is 148 Å². The number of nitrogens with one attached hydrogen (secondary N) is 1. The number of carbonyl (C=O) groups excluding carboxylic acids is 1. The van der Waals surface area contributed by atoms with Crippen LogP contribution in [0.4, 0.5) is 5.69 Å². The molecule has 0 unspecified atom stereocenters. The molecule has 4 nitrogen and oxygen atoms in total. The monoisotopic (exact) mass is 333 g/mol. The zero-order chi connectivity index (χ0) is 17.1. The summed E-state index contributed by atoms with van der Waals surface area (Å²) in [6, 6.07) is 18.7. The molecular formula is C21H23N3O. The molecule has 0 spiro atoms. The van der Waals surface area contributed by atoms with E-state index in [0.29, 0.717) is 6.42 Å². The van der Waals surface area contributed by atoms with Crippen molar-refractivity contribution >= 4 is 22.5 Å². The Balaban J connectivity index is 1.32. The Hall–Kier alpha value is -2.75. The van der Waals surface area contributed by atoms with Crippen LogP contribution in [-0.4, -0.2) is 42.0 Å². The highest BCUT2D eigenvalue weighted by molar-refractivity contribution is 5.84. The van der Waals surface area contributed by atoms with Gasteiger partial charge in [-0.2, -0.15) is 0 Å². The number of nitrogens with zero attached hydrogens (tertiary/aromatic N) is 2. The Kier molecular flexibility index (Phi) is 4.42. The molecule has 1 amide bonds. The fraction of sp³-hybridized carbons (Fsp3) is 0.286. The first kappa shape index (κ1) is 15.8. The molecule has 0 atom stereocenters. The highest BCUT2D eigenvalue weighted by atomic mass is 16.2. The number of aromatic nitrogens is 1. The SMILES string of the molecule is O=C(CCc1c[nH]c2ccccc12)N1CCN(c2ccccc2)CC1. The molecule has 3 aromatic rings. The van der Waals surface area contributed by atoms with Crippen LogP contribution >= 0.6 is 0 Å². The van der Waals surface area contributed by atoms with E-state index in [0.717, 1.165) is 38.1 Å². The zero-order valence-corrected chi connectivity index (χ0v) is 14.3. The summed E-state index contributed by atoms with van der Waals surface area (Å²) >= 11 is 0. The van der Waals surface area contributed by atoms with Gasteiger partial charge in [0.1, 0.15) is 0 Å². The summed E-state index contributed by atoms with van der Waals surface area (Å²) in [6.07, 6.45) is 3.40. The molecule has 1 fully saturated rings. The molecule has 1 aliphatic heterocycles. The Bertz CT molecular complexity index is 848. The lowest BCUT2D eigenvalue weighted by Gasteiger charge is -2.36. The normalized spacial score (nSPS) is 14.9. The van der Waals surface area contributed by atoms with Crippen molar-refractivity contribution in [2.24, 2.45) is 0 Å². The minimum atomic E-state index is 0.262. The lowest BCUT2D eigenvalue weighted by atomic mass is 10.1. The maximum Gasteiger partial charge on any atom is 0.223 e. The van der Waals surface area contributed by atoms with E-state index in [1.807, 2.05) is 29.3 Å². The van der Waals surface area contributed by atoms with E-state index in [9.17, 15) is 4.79 Å². The number of rotatable bonds is 4. The van der Waals surface area contributed by atoms with Crippen molar-refractivity contribution in [3.8, 4) is 0 Å². The summed E-state index contributed by atoms with van der Waals surface area (Å²) in [4.78, 5) is 20.2. The second-order valence-corrected chi connectivity index (χ2v) is 6.56. The van der Waals surface area contributed by atoms with Crippen LogP contribution in [0.2, 0.25) is 0 Å². The van der Waals surface area contributed by atoms with E-state index >= 15 is 0 Å². The van der Waals surface area contributed by atoms with Gasteiger partial charge in [0.05, 0.1) is 0 Å². The maximum atomic E-state index is 12.6. The van der Waals surface area contributed by atoms with Crippen LogP contribution in [0.3, 0.4) is 0 Å². The molecule has 25 heavy (non-hydrogen) atoms. The van der Waals surface area contributed by atoms with Gasteiger partial charge in [0.15, 0.2) is 0 Å². The Morgan fingerprint density at radius 3 is 2.44 bits per heavy atom. The molecule has 4 heteroatoms. The number of H-pyrrole nitrogens is 1. The van der Waals surface area contributed by atoms with Crippen molar-refractivity contribution < 1.29 is 4.79 Å². The number of fused-ring (bicyclic) bond motifs is 1. The molecule has 1 saturated heterocycles. The number of hydrogen-bond donors (Lipinski definition) is 1. The highest BCUT2D eigenvalue weighted by Gasteiger charge is 2.21.